The minimum absolute atomic E-state index is 0.187. The van der Waals surface area contributed by atoms with Gasteiger partial charge < -0.3 is 25.4 Å². The van der Waals surface area contributed by atoms with E-state index in [2.05, 4.69) is 10.6 Å². The maximum atomic E-state index is 14.4. The van der Waals surface area contributed by atoms with Crippen LogP contribution in [0.4, 0.5) is 0 Å². The molecule has 3 fully saturated rings. The second kappa shape index (κ2) is 11.1. The van der Waals surface area contributed by atoms with Crippen LogP contribution in [-0.2, 0) is 32.1 Å². The van der Waals surface area contributed by atoms with Crippen LogP contribution < -0.4 is 10.6 Å². The first-order valence-electron chi connectivity index (χ1n) is 14.2. The zero-order valence-corrected chi connectivity index (χ0v) is 22.8. The monoisotopic (exact) mass is 533 g/mol. The molecule has 0 aromatic heterocycles. The number of rotatable bonds is 11. The molecular weight excluding hydrogens is 494 g/mol. The van der Waals surface area contributed by atoms with Gasteiger partial charge in [-0.2, -0.15) is 0 Å². The summed E-state index contributed by atoms with van der Waals surface area (Å²) in [4.78, 5) is 43.5. The topological polar surface area (TPSA) is 108 Å². The first-order chi connectivity index (χ1) is 18.9. The second-order valence-electron chi connectivity index (χ2n) is 11.1. The summed E-state index contributed by atoms with van der Waals surface area (Å²) in [6.07, 6.45) is 2.87. The maximum absolute atomic E-state index is 14.4. The molecule has 3 heterocycles. The summed E-state index contributed by atoms with van der Waals surface area (Å²) >= 11 is 0. The number of hydrogen-bond donors (Lipinski definition) is 3. The number of benzene rings is 2. The first kappa shape index (κ1) is 27.3. The molecule has 208 valence electrons. The van der Waals surface area contributed by atoms with E-state index in [0.29, 0.717) is 38.8 Å². The molecule has 6 atom stereocenters. The number of likely N-dealkylation sites (tertiary alicyclic amines) is 1. The zero-order chi connectivity index (χ0) is 27.6. The van der Waals surface area contributed by atoms with Crippen molar-refractivity contribution in [1.29, 1.82) is 0 Å². The van der Waals surface area contributed by atoms with Gasteiger partial charge in [0.1, 0.15) is 11.6 Å². The summed E-state index contributed by atoms with van der Waals surface area (Å²) in [6, 6.07) is 17.7. The predicted molar refractivity (Wildman–Crippen MR) is 146 cm³/mol. The van der Waals surface area contributed by atoms with Gasteiger partial charge in [-0.1, -0.05) is 74.5 Å². The van der Waals surface area contributed by atoms with Crippen LogP contribution >= 0.6 is 0 Å². The number of fused-ring (bicyclic) bond motifs is 1. The lowest BCUT2D eigenvalue weighted by molar-refractivity contribution is -0.151. The van der Waals surface area contributed by atoms with Crippen molar-refractivity contribution in [2.24, 2.45) is 11.8 Å². The quantitative estimate of drug-likeness (QED) is 0.412. The van der Waals surface area contributed by atoms with E-state index in [1.807, 2.05) is 74.5 Å². The van der Waals surface area contributed by atoms with Gasteiger partial charge in [0.15, 0.2) is 0 Å². The Morgan fingerprint density at radius 1 is 1.00 bits per heavy atom. The van der Waals surface area contributed by atoms with Gasteiger partial charge >= 0.3 is 0 Å². The third kappa shape index (κ3) is 4.63. The van der Waals surface area contributed by atoms with Gasteiger partial charge in [-0.25, -0.2) is 0 Å². The fraction of sp³-hybridized carbons (Fsp3) is 0.516. The van der Waals surface area contributed by atoms with Crippen LogP contribution in [0.1, 0.15) is 50.7 Å². The van der Waals surface area contributed by atoms with Crippen molar-refractivity contribution in [2.45, 2.75) is 75.8 Å². The normalized spacial score (nSPS) is 29.8. The van der Waals surface area contributed by atoms with E-state index in [1.165, 1.54) is 0 Å². The predicted octanol–water partition coefficient (Wildman–Crippen LogP) is 2.59. The van der Waals surface area contributed by atoms with Gasteiger partial charge in [0, 0.05) is 13.1 Å². The summed E-state index contributed by atoms with van der Waals surface area (Å²) < 4.78 is 6.80. The van der Waals surface area contributed by atoms with Crippen LogP contribution in [0, 0.1) is 11.8 Å². The number of nitrogens with zero attached hydrogens (tertiary/aromatic N) is 1. The van der Waals surface area contributed by atoms with Gasteiger partial charge in [-0.05, 0) is 43.2 Å². The van der Waals surface area contributed by atoms with E-state index in [4.69, 9.17) is 4.74 Å². The number of aliphatic hydroxyl groups is 1. The van der Waals surface area contributed by atoms with E-state index in [9.17, 15) is 19.5 Å². The third-order valence-corrected chi connectivity index (χ3v) is 8.93. The van der Waals surface area contributed by atoms with Gasteiger partial charge in [-0.3, -0.25) is 14.4 Å². The number of carbonyl (C=O) groups is 3. The molecule has 39 heavy (non-hydrogen) atoms. The van der Waals surface area contributed by atoms with Crippen molar-refractivity contribution in [3.8, 4) is 0 Å². The fourth-order valence-corrected chi connectivity index (χ4v) is 7.12. The van der Waals surface area contributed by atoms with Crippen molar-refractivity contribution >= 4 is 17.7 Å². The Kier molecular flexibility index (Phi) is 7.78. The molecule has 2 aromatic rings. The van der Waals surface area contributed by atoms with Crippen LogP contribution in [0.2, 0.25) is 0 Å². The summed E-state index contributed by atoms with van der Waals surface area (Å²) in [6.45, 7) is 4.48. The Labute approximate surface area is 230 Å². The van der Waals surface area contributed by atoms with E-state index in [1.54, 1.807) is 4.90 Å². The molecule has 3 N–H and O–H groups in total. The summed E-state index contributed by atoms with van der Waals surface area (Å²) in [7, 11) is 0. The van der Waals surface area contributed by atoms with E-state index < -0.39 is 35.1 Å². The van der Waals surface area contributed by atoms with Crippen LogP contribution in [0.3, 0.4) is 0 Å². The Morgan fingerprint density at radius 3 is 2.28 bits per heavy atom. The van der Waals surface area contributed by atoms with Gasteiger partial charge in [0.25, 0.3) is 0 Å². The second-order valence-corrected chi connectivity index (χ2v) is 11.1. The standard InChI is InChI=1S/C31H39N3O5/c1-3-17-32-27(36)24-25-29(38)34(23(20-35)18-21-11-7-5-8-12-21)26(31(25)16-15-30(24,4-2)39-31)28(37)33-19-22-13-9-6-10-14-22/h5-14,23-26,35H,3-4,15-20H2,1-2H3,(H,32,36)(H,33,37)/t23-,24-,25+,26?,30+,31?/m1/s1. The maximum Gasteiger partial charge on any atom is 0.246 e. The van der Waals surface area contributed by atoms with E-state index >= 15 is 0 Å². The highest BCUT2D eigenvalue weighted by molar-refractivity contribution is 5.99. The molecule has 3 saturated heterocycles. The van der Waals surface area contributed by atoms with Crippen LogP contribution in [0.25, 0.3) is 0 Å². The molecule has 8 heteroatoms. The number of ether oxygens (including phenoxy) is 1. The minimum Gasteiger partial charge on any atom is -0.394 e. The average Bonchev–Trinajstić information content (AvgIpc) is 3.58. The lowest BCUT2D eigenvalue weighted by Crippen LogP contribution is -2.58. The smallest absolute Gasteiger partial charge is 0.246 e. The Morgan fingerprint density at radius 2 is 1.67 bits per heavy atom. The molecule has 2 unspecified atom stereocenters. The largest absolute Gasteiger partial charge is 0.394 e. The summed E-state index contributed by atoms with van der Waals surface area (Å²) in [5.74, 6) is -2.24. The van der Waals surface area contributed by atoms with Gasteiger partial charge in [0.2, 0.25) is 17.7 Å². The molecule has 2 aromatic carbocycles. The molecule has 3 amide bonds. The average molecular weight is 534 g/mol. The van der Waals surface area contributed by atoms with Crippen molar-refractivity contribution in [1.82, 2.24) is 15.5 Å². The number of carbonyl (C=O) groups excluding carboxylic acids is 3. The highest BCUT2D eigenvalue weighted by Gasteiger charge is 2.79. The molecule has 0 saturated carbocycles. The van der Waals surface area contributed by atoms with Crippen molar-refractivity contribution in [3.63, 3.8) is 0 Å². The molecule has 0 radical (unpaired) electrons. The van der Waals surface area contributed by atoms with Crippen LogP contribution in [-0.4, -0.2) is 64.2 Å². The molecule has 0 aliphatic carbocycles. The molecule has 1 spiro atoms. The number of amides is 3. The number of hydrogen-bond acceptors (Lipinski definition) is 5. The van der Waals surface area contributed by atoms with Crippen molar-refractivity contribution < 1.29 is 24.2 Å². The molecule has 3 aliphatic heterocycles. The van der Waals surface area contributed by atoms with Crippen LogP contribution in [0.15, 0.2) is 60.7 Å². The Balaban J connectivity index is 1.53. The number of nitrogens with one attached hydrogen (secondary N) is 2. The highest BCUT2D eigenvalue weighted by Crippen LogP contribution is 2.64. The van der Waals surface area contributed by atoms with Gasteiger partial charge in [0.05, 0.1) is 30.1 Å². The fourth-order valence-electron chi connectivity index (χ4n) is 7.12. The third-order valence-electron chi connectivity index (χ3n) is 8.93. The van der Waals surface area contributed by atoms with Crippen LogP contribution in [0.5, 0.6) is 0 Å². The zero-order valence-electron chi connectivity index (χ0n) is 22.8. The Bertz CT molecular complexity index is 1190. The first-order valence-corrected chi connectivity index (χ1v) is 14.2. The minimum atomic E-state index is -1.12. The SMILES string of the molecule is CCCNC(=O)[C@H]1[C@H]2C(=O)N([C@@H](CO)Cc3ccccc3)C(C(=O)NCc3ccccc3)C23CC[C@]1(CC)O3. The lowest BCUT2D eigenvalue weighted by Gasteiger charge is -2.37. The van der Waals surface area contributed by atoms with Crippen molar-refractivity contribution in [3.05, 3.63) is 71.8 Å². The molecule has 3 aliphatic rings. The molecule has 8 nitrogen and oxygen atoms in total. The lowest BCUT2D eigenvalue weighted by atomic mass is 9.65. The summed E-state index contributed by atoms with van der Waals surface area (Å²) in [5.41, 5.74) is -0.00481. The van der Waals surface area contributed by atoms with E-state index in [0.717, 1.165) is 17.5 Å². The summed E-state index contributed by atoms with van der Waals surface area (Å²) in [5, 5.41) is 16.6. The van der Waals surface area contributed by atoms with Crippen molar-refractivity contribution in [2.75, 3.05) is 13.2 Å². The van der Waals surface area contributed by atoms with E-state index in [-0.39, 0.29) is 24.3 Å². The highest BCUT2D eigenvalue weighted by atomic mass is 16.5. The molecule has 5 rings (SSSR count). The van der Waals surface area contributed by atoms with Gasteiger partial charge in [-0.15, -0.1) is 0 Å². The number of aliphatic hydroxyl groups excluding tert-OH is 1. The molecular formula is C31H39N3O5. The Hall–Kier alpha value is -3.23. The molecule has 2 bridgehead atoms.